The lowest BCUT2D eigenvalue weighted by Crippen LogP contribution is -2.09. The third kappa shape index (κ3) is 3.11. The average molecular weight is 338 g/mol. The number of aromatic nitrogens is 2. The second-order valence-electron chi connectivity index (χ2n) is 2.99. The summed E-state index contributed by atoms with van der Waals surface area (Å²) in [6.07, 6.45) is 1.45. The van der Waals surface area contributed by atoms with Crippen molar-refractivity contribution in [3.8, 4) is 11.4 Å². The molecule has 92 valence electrons. The van der Waals surface area contributed by atoms with Crippen molar-refractivity contribution in [3.63, 3.8) is 0 Å². The van der Waals surface area contributed by atoms with E-state index in [9.17, 15) is 4.57 Å². The van der Waals surface area contributed by atoms with Gasteiger partial charge in [0.2, 0.25) is 0 Å². The molecule has 0 aliphatic rings. The first-order valence-corrected chi connectivity index (χ1v) is 6.70. The molecule has 6 nitrogen and oxygen atoms in total. The van der Waals surface area contributed by atoms with E-state index in [-0.39, 0.29) is 28.0 Å². The van der Waals surface area contributed by atoms with Crippen molar-refractivity contribution in [2.45, 2.75) is 0 Å². The summed E-state index contributed by atoms with van der Waals surface area (Å²) in [6.45, 7) is 0. The van der Waals surface area contributed by atoms with Gasteiger partial charge in [0.05, 0.1) is 5.30 Å². The van der Waals surface area contributed by atoms with Crippen molar-refractivity contribution in [1.29, 1.82) is 0 Å². The van der Waals surface area contributed by atoms with E-state index in [1.165, 1.54) is 29.7 Å². The fraction of sp³-hybridized carbons (Fsp3) is 0. The van der Waals surface area contributed by atoms with E-state index in [0.717, 1.165) is 0 Å². The van der Waals surface area contributed by atoms with Crippen LogP contribution in [-0.4, -0.2) is 19.8 Å². The number of nitrogens with two attached hydrogens (primary N) is 1. The average Bonchev–Trinajstić information content (AvgIpc) is 2.64. The molecule has 0 fully saturated rings. The summed E-state index contributed by atoms with van der Waals surface area (Å²) >= 11 is 1.19. The molecule has 17 heavy (non-hydrogen) atoms. The molecule has 2 rings (SSSR count). The molecule has 0 aromatic carbocycles. The molecule has 0 radical (unpaired) electrons. The maximum Gasteiger partial charge on any atom is 0.358 e. The van der Waals surface area contributed by atoms with E-state index < -0.39 is 7.60 Å². The van der Waals surface area contributed by atoms with E-state index in [1.807, 2.05) is 0 Å². The van der Waals surface area contributed by atoms with Crippen molar-refractivity contribution >= 4 is 46.4 Å². The second kappa shape index (κ2) is 5.24. The predicted octanol–water partition coefficient (Wildman–Crippen LogP) is 1.17. The van der Waals surface area contributed by atoms with Crippen molar-refractivity contribution in [2.24, 2.45) is 0 Å². The Morgan fingerprint density at radius 2 is 2.12 bits per heavy atom. The van der Waals surface area contributed by atoms with Crippen LogP contribution in [0.15, 0.2) is 23.7 Å². The molecule has 0 unspecified atom stereocenters. The van der Waals surface area contributed by atoms with Crippen molar-refractivity contribution in [1.82, 2.24) is 9.97 Å². The van der Waals surface area contributed by atoms with Crippen LogP contribution in [0.25, 0.3) is 11.4 Å². The molecule has 4 N–H and O–H groups in total. The van der Waals surface area contributed by atoms with Crippen LogP contribution < -0.4 is 11.0 Å². The van der Waals surface area contributed by atoms with Gasteiger partial charge in [0, 0.05) is 11.6 Å². The summed E-state index contributed by atoms with van der Waals surface area (Å²) in [5.74, 6) is 0. The Bertz CT molecular complexity index is 571. The molecule has 0 spiro atoms. The van der Waals surface area contributed by atoms with E-state index in [2.05, 4.69) is 9.97 Å². The van der Waals surface area contributed by atoms with Gasteiger partial charge in [0.15, 0.2) is 5.13 Å². The second-order valence-corrected chi connectivity index (χ2v) is 5.45. The number of halogens is 1. The number of hydrogen-bond acceptors (Lipinski definition) is 5. The number of nitrogen functional groups attached to an aromatic ring is 1. The van der Waals surface area contributed by atoms with Gasteiger partial charge >= 0.3 is 7.60 Å². The first-order valence-electron chi connectivity index (χ1n) is 4.21. The molecule has 9 heteroatoms. The van der Waals surface area contributed by atoms with Crippen molar-refractivity contribution in [3.05, 3.63) is 23.7 Å². The van der Waals surface area contributed by atoms with Gasteiger partial charge < -0.3 is 15.5 Å². The van der Waals surface area contributed by atoms with Crippen LogP contribution in [0, 0.1) is 0 Å². The normalized spacial score (nSPS) is 10.9. The summed E-state index contributed by atoms with van der Waals surface area (Å²) in [5, 5.41) is 1.80. The number of thiazole rings is 1. The van der Waals surface area contributed by atoms with Gasteiger partial charge in [-0.1, -0.05) is 0 Å². The van der Waals surface area contributed by atoms with Crippen LogP contribution in [0.4, 0.5) is 5.13 Å². The van der Waals surface area contributed by atoms with Crippen LogP contribution in [0.1, 0.15) is 0 Å². The number of rotatable bonds is 2. The summed E-state index contributed by atoms with van der Waals surface area (Å²) in [4.78, 5) is 26.2. The molecule has 2 aromatic heterocycles. The fourth-order valence-electron chi connectivity index (χ4n) is 1.23. The Kier molecular flexibility index (Phi) is 4.40. The Balaban J connectivity index is 0.00000144. The minimum absolute atomic E-state index is 0. The lowest BCUT2D eigenvalue weighted by atomic mass is 10.3. The maximum atomic E-state index is 11.2. The molecule has 0 atom stereocenters. The summed E-state index contributed by atoms with van der Waals surface area (Å²) in [6, 6.07) is 2.80. The monoisotopic (exact) mass is 337 g/mol. The summed E-state index contributed by atoms with van der Waals surface area (Å²) in [5.41, 5.74) is 6.01. The molecular weight excluding hydrogens is 329 g/mol. The van der Waals surface area contributed by atoms with Crippen LogP contribution in [0.5, 0.6) is 0 Å². The highest BCUT2D eigenvalue weighted by molar-refractivity contribution is 8.93. The van der Waals surface area contributed by atoms with Crippen LogP contribution >= 0.6 is 35.9 Å². The first-order chi connectivity index (χ1) is 7.48. The quantitative estimate of drug-likeness (QED) is 0.709. The lowest BCUT2D eigenvalue weighted by Gasteiger charge is -2.07. The molecule has 2 heterocycles. The Morgan fingerprint density at radius 1 is 1.41 bits per heavy atom. The molecule has 0 bridgehead atoms. The lowest BCUT2D eigenvalue weighted by molar-refractivity contribution is 0.387. The van der Waals surface area contributed by atoms with Crippen LogP contribution in [0.3, 0.4) is 0 Å². The SMILES string of the molecule is Br.Nc1nc(-c2ncccc2P(=O)(O)O)cs1. The summed E-state index contributed by atoms with van der Waals surface area (Å²) in [7, 11) is -4.35. The van der Waals surface area contributed by atoms with Gasteiger partial charge in [-0.2, -0.15) is 0 Å². The highest BCUT2D eigenvalue weighted by Gasteiger charge is 2.23. The maximum absolute atomic E-state index is 11.2. The molecule has 0 aliphatic heterocycles. The minimum Gasteiger partial charge on any atom is -0.375 e. The van der Waals surface area contributed by atoms with Crippen LogP contribution in [0.2, 0.25) is 0 Å². The van der Waals surface area contributed by atoms with Crippen molar-refractivity contribution in [2.75, 3.05) is 5.73 Å². The third-order valence-corrected chi connectivity index (χ3v) is 3.53. The van der Waals surface area contributed by atoms with Gasteiger partial charge in [-0.15, -0.1) is 28.3 Å². The van der Waals surface area contributed by atoms with Gasteiger partial charge in [0.1, 0.15) is 11.4 Å². The zero-order valence-corrected chi connectivity index (χ0v) is 11.8. The zero-order valence-electron chi connectivity index (χ0n) is 8.35. The Morgan fingerprint density at radius 3 is 2.65 bits per heavy atom. The number of pyridine rings is 1. The van der Waals surface area contributed by atoms with E-state index in [0.29, 0.717) is 10.8 Å². The van der Waals surface area contributed by atoms with E-state index >= 15 is 0 Å². The zero-order chi connectivity index (χ0) is 11.8. The highest BCUT2D eigenvalue weighted by Crippen LogP contribution is 2.37. The predicted molar refractivity (Wildman–Crippen MR) is 71.8 cm³/mol. The largest absolute Gasteiger partial charge is 0.375 e. The van der Waals surface area contributed by atoms with Crippen LogP contribution in [-0.2, 0) is 4.57 Å². The standard InChI is InChI=1S/C8H8N3O3PS.BrH/c9-8-11-5(4-16-8)7-6(15(12,13)14)2-1-3-10-7;/h1-4H,(H2,9,11)(H2,12,13,14);1H. The number of hydrogen-bond donors (Lipinski definition) is 3. The number of nitrogens with zero attached hydrogens (tertiary/aromatic N) is 2. The Labute approximate surface area is 111 Å². The molecule has 0 amide bonds. The highest BCUT2D eigenvalue weighted by atomic mass is 79.9. The molecule has 2 aromatic rings. The molecule has 0 aliphatic carbocycles. The fourth-order valence-corrected chi connectivity index (χ4v) is 2.50. The van der Waals surface area contributed by atoms with Gasteiger partial charge in [-0.05, 0) is 12.1 Å². The molecule has 0 saturated carbocycles. The van der Waals surface area contributed by atoms with E-state index in [1.54, 1.807) is 5.38 Å². The van der Waals surface area contributed by atoms with E-state index in [4.69, 9.17) is 15.5 Å². The molecular formula is C8H9BrN3O3PS. The Hall–Kier alpha value is -0.790. The minimum atomic E-state index is -4.35. The van der Waals surface area contributed by atoms with Gasteiger partial charge in [0.25, 0.3) is 0 Å². The number of anilines is 1. The smallest absolute Gasteiger partial charge is 0.358 e. The van der Waals surface area contributed by atoms with Gasteiger partial charge in [-0.25, -0.2) is 4.98 Å². The van der Waals surface area contributed by atoms with Gasteiger partial charge in [-0.3, -0.25) is 9.55 Å². The van der Waals surface area contributed by atoms with Crippen molar-refractivity contribution < 1.29 is 14.4 Å². The third-order valence-electron chi connectivity index (χ3n) is 1.86. The topological polar surface area (TPSA) is 109 Å². The summed E-state index contributed by atoms with van der Waals surface area (Å²) < 4.78 is 11.2. The first kappa shape index (κ1) is 14.3. The molecule has 0 saturated heterocycles.